The first-order valence-electron chi connectivity index (χ1n) is 13.2. The summed E-state index contributed by atoms with van der Waals surface area (Å²) in [6.45, 7) is 7.08. The number of aromatic nitrogens is 4. The molecule has 2 aromatic carbocycles. The summed E-state index contributed by atoms with van der Waals surface area (Å²) in [7, 11) is 3.65. The molecule has 2 fully saturated rings. The number of amides is 1. The second-order valence-corrected chi connectivity index (χ2v) is 10.5. The average molecular weight is 582 g/mol. The number of nitrogens with one attached hydrogen (secondary N) is 1. The SMILES string of the molecule is C=CC(=O)N1CCN(c2nc(O[C@@H]3CN(C)C[C@H]3OC)nc3c(Oc4c(Cl)c(F)cc5[nH]ncc45)cccc23)CC1. The van der Waals surface area contributed by atoms with E-state index in [2.05, 4.69) is 26.6 Å². The number of piperazine rings is 1. The van der Waals surface area contributed by atoms with E-state index >= 15 is 0 Å². The molecule has 0 saturated carbocycles. The van der Waals surface area contributed by atoms with Crippen LogP contribution in [0.1, 0.15) is 0 Å². The van der Waals surface area contributed by atoms with Gasteiger partial charge in [0.15, 0.2) is 11.5 Å². The molecule has 1 amide bonds. The van der Waals surface area contributed by atoms with E-state index in [-0.39, 0.29) is 34.9 Å². The number of anilines is 1. The third-order valence-electron chi connectivity index (χ3n) is 7.48. The van der Waals surface area contributed by atoms with E-state index in [1.54, 1.807) is 18.1 Å². The summed E-state index contributed by atoms with van der Waals surface area (Å²) in [6.07, 6.45) is 2.42. The van der Waals surface area contributed by atoms with Gasteiger partial charge in [0.1, 0.15) is 34.4 Å². The number of carbonyl (C=O) groups is 1. The fraction of sp³-hybridized carbons (Fsp3) is 0.357. The number of para-hydroxylation sites is 1. The van der Waals surface area contributed by atoms with Crippen LogP contribution in [-0.4, -0.2) is 102 Å². The molecule has 2 aromatic heterocycles. The van der Waals surface area contributed by atoms with E-state index in [0.717, 1.165) is 0 Å². The Hall–Kier alpha value is -4.00. The number of rotatable bonds is 7. The molecule has 6 rings (SSSR count). The predicted octanol–water partition coefficient (Wildman–Crippen LogP) is 3.63. The standard InChI is InChI=1S/C28H29ClFN7O4/c1-4-23(38)36-8-10-37(11-9-36)27-16-6-5-7-20(40-26-17-13-31-34-19(17)12-18(30)24(26)29)25(16)32-28(33-27)41-22-15-35(2)14-21(22)39-3/h4-7,12-13,21-22H,1,8-11,14-15H2,2-3H3,(H,31,34)/t21-,22-/m1/s1. The van der Waals surface area contributed by atoms with Crippen molar-refractivity contribution < 1.29 is 23.4 Å². The number of hydrogen-bond donors (Lipinski definition) is 1. The molecular weight excluding hydrogens is 553 g/mol. The number of ether oxygens (including phenoxy) is 3. The normalized spacial score (nSPS) is 19.7. The number of methoxy groups -OCH3 is 1. The lowest BCUT2D eigenvalue weighted by atomic mass is 10.2. The molecule has 2 aliphatic rings. The largest absolute Gasteiger partial charge is 0.456 e. The quantitative estimate of drug-likeness (QED) is 0.327. The topological polar surface area (TPSA) is 109 Å². The highest BCUT2D eigenvalue weighted by molar-refractivity contribution is 6.33. The van der Waals surface area contributed by atoms with E-state index in [0.29, 0.717) is 72.6 Å². The van der Waals surface area contributed by atoms with Crippen LogP contribution in [0, 0.1) is 5.82 Å². The maximum atomic E-state index is 14.7. The minimum absolute atomic E-state index is 0.106. The fourth-order valence-electron chi connectivity index (χ4n) is 5.35. The van der Waals surface area contributed by atoms with Gasteiger partial charge < -0.3 is 24.0 Å². The second kappa shape index (κ2) is 11.1. The number of nitrogens with zero attached hydrogens (tertiary/aromatic N) is 6. The number of likely N-dealkylation sites (N-methyl/N-ethyl adjacent to an activating group) is 1. The Morgan fingerprint density at radius 2 is 1.95 bits per heavy atom. The number of aromatic amines is 1. The molecule has 1 N–H and O–H groups in total. The number of fused-ring (bicyclic) bond motifs is 2. The summed E-state index contributed by atoms with van der Waals surface area (Å²) in [6, 6.07) is 6.88. The molecule has 2 atom stereocenters. The summed E-state index contributed by atoms with van der Waals surface area (Å²) in [5.74, 6) is 0.365. The first kappa shape index (κ1) is 27.2. The van der Waals surface area contributed by atoms with Crippen molar-refractivity contribution in [2.24, 2.45) is 0 Å². The van der Waals surface area contributed by atoms with Gasteiger partial charge in [-0.2, -0.15) is 15.1 Å². The smallest absolute Gasteiger partial charge is 0.319 e. The molecule has 4 aromatic rings. The first-order valence-corrected chi connectivity index (χ1v) is 13.6. The molecule has 0 unspecified atom stereocenters. The average Bonchev–Trinajstić information content (AvgIpc) is 3.60. The summed E-state index contributed by atoms with van der Waals surface area (Å²) < 4.78 is 32.9. The van der Waals surface area contributed by atoms with Gasteiger partial charge in [-0.3, -0.25) is 14.8 Å². The van der Waals surface area contributed by atoms with Crippen LogP contribution in [0.5, 0.6) is 17.5 Å². The Labute approximate surface area is 240 Å². The lowest BCUT2D eigenvalue weighted by molar-refractivity contribution is -0.126. The number of carbonyl (C=O) groups excluding carboxylic acids is 1. The molecular formula is C28H29ClFN7O4. The molecule has 0 bridgehead atoms. The van der Waals surface area contributed by atoms with Crippen LogP contribution in [0.2, 0.25) is 5.02 Å². The first-order chi connectivity index (χ1) is 19.9. The van der Waals surface area contributed by atoms with E-state index in [9.17, 15) is 9.18 Å². The Morgan fingerprint density at radius 1 is 1.17 bits per heavy atom. The van der Waals surface area contributed by atoms with Crippen molar-refractivity contribution in [3.8, 4) is 17.5 Å². The Kier molecular flexibility index (Phi) is 7.37. The lowest BCUT2D eigenvalue weighted by Gasteiger charge is -2.35. The Bertz CT molecular complexity index is 1620. The van der Waals surface area contributed by atoms with Crippen LogP contribution in [0.4, 0.5) is 10.2 Å². The van der Waals surface area contributed by atoms with Gasteiger partial charge in [0, 0.05) is 57.8 Å². The fourth-order valence-corrected chi connectivity index (χ4v) is 5.54. The van der Waals surface area contributed by atoms with Crippen molar-refractivity contribution in [1.82, 2.24) is 30.0 Å². The highest BCUT2D eigenvalue weighted by Gasteiger charge is 2.34. The molecule has 2 saturated heterocycles. The van der Waals surface area contributed by atoms with Crippen LogP contribution < -0.4 is 14.4 Å². The van der Waals surface area contributed by atoms with E-state index in [1.807, 2.05) is 19.2 Å². The number of H-pyrrole nitrogens is 1. The van der Waals surface area contributed by atoms with E-state index < -0.39 is 5.82 Å². The summed E-state index contributed by atoms with van der Waals surface area (Å²) in [5, 5.41) is 7.83. The molecule has 2 aliphatic heterocycles. The second-order valence-electron chi connectivity index (χ2n) is 10.1. The van der Waals surface area contributed by atoms with E-state index in [1.165, 1.54) is 18.3 Å². The number of likely N-dealkylation sites (tertiary alicyclic amines) is 1. The lowest BCUT2D eigenvalue weighted by Crippen LogP contribution is -2.48. The number of hydrogen-bond acceptors (Lipinski definition) is 9. The molecule has 41 heavy (non-hydrogen) atoms. The van der Waals surface area contributed by atoms with Gasteiger partial charge in [-0.05, 0) is 25.3 Å². The molecule has 214 valence electrons. The van der Waals surface area contributed by atoms with Crippen molar-refractivity contribution in [3.63, 3.8) is 0 Å². The molecule has 0 radical (unpaired) electrons. The van der Waals surface area contributed by atoms with Gasteiger partial charge in [0.2, 0.25) is 5.91 Å². The van der Waals surface area contributed by atoms with Gasteiger partial charge in [0.25, 0.3) is 0 Å². The molecule has 0 spiro atoms. The third-order valence-corrected chi connectivity index (χ3v) is 7.83. The maximum Gasteiger partial charge on any atom is 0.319 e. The monoisotopic (exact) mass is 581 g/mol. The van der Waals surface area contributed by atoms with Crippen LogP contribution in [-0.2, 0) is 9.53 Å². The van der Waals surface area contributed by atoms with Crippen molar-refractivity contribution in [3.05, 3.63) is 54.0 Å². The van der Waals surface area contributed by atoms with Crippen molar-refractivity contribution in [2.75, 3.05) is 58.3 Å². The van der Waals surface area contributed by atoms with Gasteiger partial charge in [0.05, 0.1) is 17.1 Å². The van der Waals surface area contributed by atoms with Crippen molar-refractivity contribution in [1.29, 1.82) is 0 Å². The molecule has 13 heteroatoms. The highest BCUT2D eigenvalue weighted by Crippen LogP contribution is 2.41. The van der Waals surface area contributed by atoms with E-state index in [4.69, 9.17) is 35.8 Å². The van der Waals surface area contributed by atoms with Crippen LogP contribution in [0.25, 0.3) is 21.8 Å². The van der Waals surface area contributed by atoms with Crippen molar-refractivity contribution >= 4 is 45.1 Å². The number of benzene rings is 2. The molecule has 0 aliphatic carbocycles. The summed E-state index contributed by atoms with van der Waals surface area (Å²) in [4.78, 5) is 27.7. The van der Waals surface area contributed by atoms with Crippen molar-refractivity contribution in [2.45, 2.75) is 12.2 Å². The highest BCUT2D eigenvalue weighted by atomic mass is 35.5. The van der Waals surface area contributed by atoms with Gasteiger partial charge in [-0.1, -0.05) is 24.2 Å². The third kappa shape index (κ3) is 5.14. The zero-order chi connectivity index (χ0) is 28.7. The van der Waals surface area contributed by atoms with Gasteiger partial charge >= 0.3 is 6.01 Å². The van der Waals surface area contributed by atoms with Gasteiger partial charge in [-0.25, -0.2) is 4.39 Å². The Balaban J connectivity index is 1.43. The Morgan fingerprint density at radius 3 is 2.71 bits per heavy atom. The summed E-state index contributed by atoms with van der Waals surface area (Å²) in [5.41, 5.74) is 0.916. The van der Waals surface area contributed by atoms with Crippen LogP contribution >= 0.6 is 11.6 Å². The predicted molar refractivity (Wildman–Crippen MR) is 152 cm³/mol. The van der Waals surface area contributed by atoms with Gasteiger partial charge in [-0.15, -0.1) is 0 Å². The number of halogens is 2. The minimum atomic E-state index is -0.638. The minimum Gasteiger partial charge on any atom is -0.456 e. The maximum absolute atomic E-state index is 14.7. The van der Waals surface area contributed by atoms with Crippen LogP contribution in [0.3, 0.4) is 0 Å². The zero-order valence-corrected chi connectivity index (χ0v) is 23.4. The molecule has 4 heterocycles. The van der Waals surface area contributed by atoms with Crippen LogP contribution in [0.15, 0.2) is 43.1 Å². The molecule has 11 nitrogen and oxygen atoms in total. The summed E-state index contributed by atoms with van der Waals surface area (Å²) >= 11 is 6.36. The zero-order valence-electron chi connectivity index (χ0n) is 22.6.